The second kappa shape index (κ2) is 9.24. The molecule has 0 aliphatic rings. The third-order valence-corrected chi connectivity index (χ3v) is 4.47. The lowest BCUT2D eigenvalue weighted by molar-refractivity contribution is -0.132. The number of halogens is 2. The lowest BCUT2D eigenvalue weighted by atomic mass is 10.1. The lowest BCUT2D eigenvalue weighted by Crippen LogP contribution is -2.27. The van der Waals surface area contributed by atoms with Crippen LogP contribution in [0.3, 0.4) is 0 Å². The van der Waals surface area contributed by atoms with Crippen LogP contribution in [0.5, 0.6) is 11.5 Å². The first-order valence-electron chi connectivity index (χ1n) is 8.89. The monoisotopic (exact) mass is 425 g/mol. The predicted molar refractivity (Wildman–Crippen MR) is 112 cm³/mol. The summed E-state index contributed by atoms with van der Waals surface area (Å²) in [4.78, 5) is 23.7. The van der Waals surface area contributed by atoms with Crippen LogP contribution in [0.1, 0.15) is 21.5 Å². The van der Waals surface area contributed by atoms with Crippen molar-refractivity contribution in [3.05, 3.63) is 100.0 Å². The number of carbonyl (C=O) groups excluding carboxylic acids is 1. The van der Waals surface area contributed by atoms with E-state index in [-0.39, 0.29) is 16.5 Å². The normalized spacial score (nSPS) is 11.1. The van der Waals surface area contributed by atoms with Gasteiger partial charge < -0.3 is 15.2 Å². The number of hydrogen-bond acceptors (Lipinski definition) is 3. The summed E-state index contributed by atoms with van der Waals surface area (Å²) in [5, 5.41) is 11.9. The zero-order valence-corrected chi connectivity index (χ0v) is 16.6. The molecule has 0 radical (unpaired) electrons. The Hall–Kier alpha value is -3.64. The molecule has 0 bridgehead atoms. The van der Waals surface area contributed by atoms with Crippen LogP contribution >= 0.6 is 11.6 Å². The third kappa shape index (κ3) is 5.04. The molecule has 5 nitrogen and oxygen atoms in total. The van der Waals surface area contributed by atoms with Crippen LogP contribution in [0.15, 0.2) is 72.4 Å². The SMILES string of the molecule is Cc1ccc(Cl)c(Oc2ccc(/C=C(/NC(=O)c3ccccc3)C(=O)O)cc2)c1F. The zero-order chi connectivity index (χ0) is 21.7. The van der Waals surface area contributed by atoms with E-state index in [1.54, 1.807) is 73.7 Å². The highest BCUT2D eigenvalue weighted by molar-refractivity contribution is 6.32. The molecule has 3 aromatic rings. The Bertz CT molecular complexity index is 1110. The van der Waals surface area contributed by atoms with Gasteiger partial charge >= 0.3 is 5.97 Å². The number of ether oxygens (including phenoxy) is 1. The maximum absolute atomic E-state index is 14.2. The molecule has 2 N–H and O–H groups in total. The van der Waals surface area contributed by atoms with Crippen molar-refractivity contribution in [1.29, 1.82) is 0 Å². The van der Waals surface area contributed by atoms with Gasteiger partial charge in [-0.15, -0.1) is 0 Å². The van der Waals surface area contributed by atoms with Crippen LogP contribution in [-0.4, -0.2) is 17.0 Å². The van der Waals surface area contributed by atoms with E-state index in [9.17, 15) is 19.1 Å². The Morgan fingerprint density at radius 1 is 1.03 bits per heavy atom. The van der Waals surface area contributed by atoms with Crippen LogP contribution in [0.2, 0.25) is 5.02 Å². The molecular weight excluding hydrogens is 409 g/mol. The maximum Gasteiger partial charge on any atom is 0.352 e. The Balaban J connectivity index is 1.79. The molecule has 0 spiro atoms. The first kappa shape index (κ1) is 21.1. The Morgan fingerprint density at radius 2 is 1.70 bits per heavy atom. The summed E-state index contributed by atoms with van der Waals surface area (Å²) >= 11 is 6.01. The van der Waals surface area contributed by atoms with Crippen molar-refractivity contribution in [2.24, 2.45) is 0 Å². The average Bonchev–Trinajstić information content (AvgIpc) is 2.75. The van der Waals surface area contributed by atoms with Gasteiger partial charge in [-0.1, -0.05) is 48.0 Å². The highest BCUT2D eigenvalue weighted by atomic mass is 35.5. The Labute approximate surface area is 177 Å². The molecule has 0 unspecified atom stereocenters. The molecule has 0 atom stereocenters. The fourth-order valence-electron chi connectivity index (χ4n) is 2.58. The molecule has 0 saturated carbocycles. The molecule has 1 amide bonds. The second-order valence-corrected chi connectivity index (χ2v) is 6.77. The fraction of sp³-hybridized carbons (Fsp3) is 0.0435. The minimum atomic E-state index is -1.28. The van der Waals surface area contributed by atoms with Crippen molar-refractivity contribution in [1.82, 2.24) is 5.32 Å². The average molecular weight is 426 g/mol. The number of nitrogens with one attached hydrogen (secondary N) is 1. The molecule has 3 rings (SSSR count). The molecule has 152 valence electrons. The highest BCUT2D eigenvalue weighted by Crippen LogP contribution is 2.33. The fourth-order valence-corrected chi connectivity index (χ4v) is 2.76. The minimum Gasteiger partial charge on any atom is -0.477 e. The standard InChI is InChI=1S/C23H17ClFNO4/c1-14-7-12-18(24)21(20(14)25)30-17-10-8-15(9-11-17)13-19(23(28)29)26-22(27)16-5-3-2-4-6-16/h2-13H,1H3,(H,26,27)(H,28,29)/b19-13+. The number of aliphatic carboxylic acids is 1. The van der Waals surface area contributed by atoms with Gasteiger partial charge in [-0.05, 0) is 54.5 Å². The molecule has 0 fully saturated rings. The number of carboxylic acids is 1. The first-order chi connectivity index (χ1) is 14.3. The molecule has 30 heavy (non-hydrogen) atoms. The molecule has 0 aliphatic carbocycles. The van der Waals surface area contributed by atoms with E-state index in [4.69, 9.17) is 16.3 Å². The molecular formula is C23H17ClFNO4. The summed E-state index contributed by atoms with van der Waals surface area (Å²) in [5.41, 5.74) is 0.953. The van der Waals surface area contributed by atoms with E-state index in [0.717, 1.165) is 0 Å². The van der Waals surface area contributed by atoms with E-state index in [1.807, 2.05) is 0 Å². The van der Waals surface area contributed by atoms with Gasteiger partial charge in [0.15, 0.2) is 11.6 Å². The van der Waals surface area contributed by atoms with Crippen LogP contribution < -0.4 is 10.1 Å². The van der Waals surface area contributed by atoms with Crippen molar-refractivity contribution >= 4 is 29.6 Å². The van der Waals surface area contributed by atoms with Crippen molar-refractivity contribution in [2.45, 2.75) is 6.92 Å². The lowest BCUT2D eigenvalue weighted by Gasteiger charge is -2.10. The number of aryl methyl sites for hydroxylation is 1. The van der Waals surface area contributed by atoms with Crippen molar-refractivity contribution in [2.75, 3.05) is 0 Å². The number of carbonyl (C=O) groups is 2. The van der Waals surface area contributed by atoms with Gasteiger partial charge in [0.1, 0.15) is 11.4 Å². The van der Waals surface area contributed by atoms with Crippen LogP contribution in [0.25, 0.3) is 6.08 Å². The summed E-state index contributed by atoms with van der Waals surface area (Å²) in [6, 6.07) is 17.6. The second-order valence-electron chi connectivity index (χ2n) is 6.36. The number of rotatable bonds is 6. The summed E-state index contributed by atoms with van der Waals surface area (Å²) in [6.07, 6.45) is 1.31. The third-order valence-electron chi connectivity index (χ3n) is 4.17. The molecule has 3 aromatic carbocycles. The van der Waals surface area contributed by atoms with Gasteiger partial charge in [-0.2, -0.15) is 0 Å². The molecule has 7 heteroatoms. The summed E-state index contributed by atoms with van der Waals surface area (Å²) in [5.74, 6) is -2.13. The number of hydrogen-bond donors (Lipinski definition) is 2. The van der Waals surface area contributed by atoms with Crippen LogP contribution in [0.4, 0.5) is 4.39 Å². The summed E-state index contributed by atoms with van der Waals surface area (Å²) in [6.45, 7) is 1.60. The van der Waals surface area contributed by atoms with Gasteiger partial charge in [0.05, 0.1) is 5.02 Å². The molecule has 0 saturated heterocycles. The quantitative estimate of drug-likeness (QED) is 0.516. The predicted octanol–water partition coefficient (Wildman–Crippen LogP) is 5.44. The van der Waals surface area contributed by atoms with Crippen molar-refractivity contribution < 1.29 is 23.8 Å². The highest BCUT2D eigenvalue weighted by Gasteiger charge is 2.14. The topological polar surface area (TPSA) is 75.6 Å². The van der Waals surface area contributed by atoms with Gasteiger partial charge in [-0.3, -0.25) is 4.79 Å². The van der Waals surface area contributed by atoms with Gasteiger partial charge in [-0.25, -0.2) is 9.18 Å². The van der Waals surface area contributed by atoms with Crippen molar-refractivity contribution in [3.63, 3.8) is 0 Å². The summed E-state index contributed by atoms with van der Waals surface area (Å²) < 4.78 is 19.8. The van der Waals surface area contributed by atoms with Gasteiger partial charge in [0.2, 0.25) is 0 Å². The number of carboxylic acid groups (broad SMARTS) is 1. The van der Waals surface area contributed by atoms with Gasteiger partial charge in [0.25, 0.3) is 5.91 Å². The van der Waals surface area contributed by atoms with E-state index >= 15 is 0 Å². The van der Waals surface area contributed by atoms with Crippen LogP contribution in [0, 0.1) is 12.7 Å². The summed E-state index contributed by atoms with van der Waals surface area (Å²) in [7, 11) is 0. The first-order valence-corrected chi connectivity index (χ1v) is 9.27. The molecule has 0 heterocycles. The Kier molecular flexibility index (Phi) is 6.49. The molecule has 0 aromatic heterocycles. The van der Waals surface area contributed by atoms with E-state index in [2.05, 4.69) is 5.32 Å². The number of benzene rings is 3. The maximum atomic E-state index is 14.2. The van der Waals surface area contributed by atoms with Crippen LogP contribution in [-0.2, 0) is 4.79 Å². The van der Waals surface area contributed by atoms with Crippen molar-refractivity contribution in [3.8, 4) is 11.5 Å². The molecule has 0 aliphatic heterocycles. The van der Waals surface area contributed by atoms with Gasteiger partial charge in [0, 0.05) is 5.56 Å². The minimum absolute atomic E-state index is 0.0821. The Morgan fingerprint density at radius 3 is 2.33 bits per heavy atom. The smallest absolute Gasteiger partial charge is 0.352 e. The zero-order valence-electron chi connectivity index (χ0n) is 15.9. The number of amides is 1. The van der Waals surface area contributed by atoms with E-state index < -0.39 is 17.7 Å². The van der Waals surface area contributed by atoms with E-state index in [0.29, 0.717) is 22.4 Å². The largest absolute Gasteiger partial charge is 0.477 e. The van der Waals surface area contributed by atoms with E-state index in [1.165, 1.54) is 6.08 Å².